The minimum Gasteiger partial charge on any atom is -0.382 e. The quantitative estimate of drug-likeness (QED) is 0.877. The average Bonchev–Trinajstić information content (AvgIpc) is 2.32. The standard InChI is InChI=1S/C18H30N2/c1-14-12-18(2,3)10-9-17(14)19-16-8-6-7-15(11-16)13-20(4)5/h6-8,11,14,17,19H,9-10,12-13H2,1-5H3. The van der Waals surface area contributed by atoms with Crippen LogP contribution in [-0.2, 0) is 6.54 Å². The molecule has 0 heterocycles. The molecule has 1 aromatic rings. The first-order valence-corrected chi connectivity index (χ1v) is 7.86. The van der Waals surface area contributed by atoms with E-state index in [9.17, 15) is 0 Å². The second-order valence-electron chi connectivity index (χ2n) is 7.57. The summed E-state index contributed by atoms with van der Waals surface area (Å²) in [6.45, 7) is 8.19. The van der Waals surface area contributed by atoms with E-state index >= 15 is 0 Å². The maximum atomic E-state index is 3.76. The summed E-state index contributed by atoms with van der Waals surface area (Å²) in [5.74, 6) is 0.747. The first-order chi connectivity index (χ1) is 9.35. The van der Waals surface area contributed by atoms with Crippen molar-refractivity contribution in [2.75, 3.05) is 19.4 Å². The molecule has 1 aliphatic rings. The molecule has 1 aliphatic carbocycles. The van der Waals surface area contributed by atoms with Crippen LogP contribution in [0.4, 0.5) is 5.69 Å². The highest BCUT2D eigenvalue weighted by atomic mass is 15.0. The van der Waals surface area contributed by atoms with Gasteiger partial charge >= 0.3 is 0 Å². The van der Waals surface area contributed by atoms with E-state index in [2.05, 4.69) is 69.3 Å². The lowest BCUT2D eigenvalue weighted by atomic mass is 9.70. The summed E-state index contributed by atoms with van der Waals surface area (Å²) in [5, 5.41) is 3.76. The van der Waals surface area contributed by atoms with Crippen LogP contribution in [0.25, 0.3) is 0 Å². The Balaban J connectivity index is 1.99. The van der Waals surface area contributed by atoms with E-state index in [-0.39, 0.29) is 0 Å². The zero-order valence-corrected chi connectivity index (χ0v) is 13.7. The van der Waals surface area contributed by atoms with Gasteiger partial charge in [-0.1, -0.05) is 32.9 Å². The summed E-state index contributed by atoms with van der Waals surface area (Å²) >= 11 is 0. The molecule has 0 spiro atoms. The largest absolute Gasteiger partial charge is 0.382 e. The normalized spacial score (nSPS) is 25.7. The second kappa shape index (κ2) is 6.17. The van der Waals surface area contributed by atoms with Crippen LogP contribution in [-0.4, -0.2) is 25.0 Å². The monoisotopic (exact) mass is 274 g/mol. The molecule has 0 amide bonds. The van der Waals surface area contributed by atoms with Gasteiger partial charge in [-0.15, -0.1) is 0 Å². The fraction of sp³-hybridized carbons (Fsp3) is 0.667. The molecular weight excluding hydrogens is 244 g/mol. The van der Waals surface area contributed by atoms with Gasteiger partial charge in [0.1, 0.15) is 0 Å². The van der Waals surface area contributed by atoms with Crippen LogP contribution >= 0.6 is 0 Å². The summed E-state index contributed by atoms with van der Waals surface area (Å²) in [6, 6.07) is 9.49. The Morgan fingerprint density at radius 3 is 2.70 bits per heavy atom. The molecule has 1 aromatic carbocycles. The van der Waals surface area contributed by atoms with Crippen molar-refractivity contribution in [2.24, 2.45) is 11.3 Å². The Labute approximate surface area is 124 Å². The van der Waals surface area contributed by atoms with E-state index in [1.54, 1.807) is 0 Å². The minimum atomic E-state index is 0.518. The zero-order chi connectivity index (χ0) is 14.8. The first-order valence-electron chi connectivity index (χ1n) is 7.86. The van der Waals surface area contributed by atoms with Gasteiger partial charge < -0.3 is 10.2 Å². The Hall–Kier alpha value is -1.02. The van der Waals surface area contributed by atoms with Crippen LogP contribution in [0.5, 0.6) is 0 Å². The van der Waals surface area contributed by atoms with Gasteiger partial charge in [-0.25, -0.2) is 0 Å². The molecule has 1 N–H and O–H groups in total. The van der Waals surface area contributed by atoms with Crippen molar-refractivity contribution in [1.29, 1.82) is 0 Å². The predicted molar refractivity (Wildman–Crippen MR) is 88.0 cm³/mol. The van der Waals surface area contributed by atoms with E-state index in [0.29, 0.717) is 11.5 Å². The predicted octanol–water partition coefficient (Wildman–Crippen LogP) is 4.37. The molecule has 0 aromatic heterocycles. The number of benzene rings is 1. The van der Waals surface area contributed by atoms with E-state index < -0.39 is 0 Å². The lowest BCUT2D eigenvalue weighted by Gasteiger charge is -2.40. The molecule has 20 heavy (non-hydrogen) atoms. The number of nitrogens with one attached hydrogen (secondary N) is 1. The molecular formula is C18H30N2. The molecule has 0 bridgehead atoms. The van der Waals surface area contributed by atoms with Gasteiger partial charge in [-0.2, -0.15) is 0 Å². The van der Waals surface area contributed by atoms with Crippen LogP contribution in [0.3, 0.4) is 0 Å². The number of hydrogen-bond donors (Lipinski definition) is 1. The SMILES string of the molecule is CC1CC(C)(C)CCC1Nc1cccc(CN(C)C)c1. The van der Waals surface area contributed by atoms with Gasteiger partial charge in [0.25, 0.3) is 0 Å². The number of anilines is 1. The number of nitrogens with zero attached hydrogens (tertiary/aromatic N) is 1. The summed E-state index contributed by atoms with van der Waals surface area (Å²) in [5.41, 5.74) is 3.18. The summed E-state index contributed by atoms with van der Waals surface area (Å²) in [4.78, 5) is 2.21. The fourth-order valence-corrected chi connectivity index (χ4v) is 3.50. The number of rotatable bonds is 4. The van der Waals surface area contributed by atoms with E-state index in [0.717, 1.165) is 12.5 Å². The zero-order valence-electron chi connectivity index (χ0n) is 13.7. The summed E-state index contributed by atoms with van der Waals surface area (Å²) in [6.07, 6.45) is 3.93. The topological polar surface area (TPSA) is 15.3 Å². The van der Waals surface area contributed by atoms with Crippen molar-refractivity contribution in [3.8, 4) is 0 Å². The second-order valence-corrected chi connectivity index (χ2v) is 7.57. The van der Waals surface area contributed by atoms with Gasteiger partial charge in [-0.05, 0) is 62.4 Å². The molecule has 1 saturated carbocycles. The summed E-state index contributed by atoms with van der Waals surface area (Å²) < 4.78 is 0. The van der Waals surface area contributed by atoms with Crippen molar-refractivity contribution < 1.29 is 0 Å². The van der Waals surface area contributed by atoms with Crippen molar-refractivity contribution in [2.45, 2.75) is 52.6 Å². The highest BCUT2D eigenvalue weighted by Gasteiger charge is 2.32. The Morgan fingerprint density at radius 2 is 2.05 bits per heavy atom. The van der Waals surface area contributed by atoms with Gasteiger partial charge in [-0.3, -0.25) is 0 Å². The van der Waals surface area contributed by atoms with Crippen LogP contribution in [0.2, 0.25) is 0 Å². The molecule has 2 atom stereocenters. The molecule has 1 fully saturated rings. The Morgan fingerprint density at radius 1 is 1.30 bits per heavy atom. The van der Waals surface area contributed by atoms with Gasteiger partial charge in [0.15, 0.2) is 0 Å². The van der Waals surface area contributed by atoms with Crippen LogP contribution < -0.4 is 5.32 Å². The van der Waals surface area contributed by atoms with Crippen LogP contribution in [0.1, 0.15) is 45.6 Å². The van der Waals surface area contributed by atoms with E-state index in [1.807, 2.05) is 0 Å². The Bertz CT molecular complexity index is 437. The van der Waals surface area contributed by atoms with Crippen LogP contribution in [0.15, 0.2) is 24.3 Å². The maximum absolute atomic E-state index is 3.76. The molecule has 2 nitrogen and oxygen atoms in total. The highest BCUT2D eigenvalue weighted by Crippen LogP contribution is 2.39. The molecule has 2 unspecified atom stereocenters. The lowest BCUT2D eigenvalue weighted by Crippen LogP contribution is -2.36. The third-order valence-electron chi connectivity index (χ3n) is 4.47. The molecule has 2 heteroatoms. The van der Waals surface area contributed by atoms with Crippen molar-refractivity contribution in [1.82, 2.24) is 4.90 Å². The third-order valence-corrected chi connectivity index (χ3v) is 4.47. The molecule has 0 aliphatic heterocycles. The smallest absolute Gasteiger partial charge is 0.0345 e. The van der Waals surface area contributed by atoms with Crippen molar-refractivity contribution in [3.05, 3.63) is 29.8 Å². The van der Waals surface area contributed by atoms with Crippen molar-refractivity contribution >= 4 is 5.69 Å². The average molecular weight is 274 g/mol. The van der Waals surface area contributed by atoms with E-state index in [1.165, 1.54) is 30.5 Å². The molecule has 0 saturated heterocycles. The fourth-order valence-electron chi connectivity index (χ4n) is 3.50. The maximum Gasteiger partial charge on any atom is 0.0345 e. The summed E-state index contributed by atoms with van der Waals surface area (Å²) in [7, 11) is 4.23. The van der Waals surface area contributed by atoms with Crippen molar-refractivity contribution in [3.63, 3.8) is 0 Å². The van der Waals surface area contributed by atoms with E-state index in [4.69, 9.17) is 0 Å². The highest BCUT2D eigenvalue weighted by molar-refractivity contribution is 5.46. The van der Waals surface area contributed by atoms with Gasteiger partial charge in [0.2, 0.25) is 0 Å². The third kappa shape index (κ3) is 4.24. The molecule has 2 rings (SSSR count). The lowest BCUT2D eigenvalue weighted by molar-refractivity contribution is 0.177. The molecule has 0 radical (unpaired) electrons. The number of hydrogen-bond acceptors (Lipinski definition) is 2. The minimum absolute atomic E-state index is 0.518. The van der Waals surface area contributed by atoms with Crippen LogP contribution in [0, 0.1) is 11.3 Å². The van der Waals surface area contributed by atoms with Gasteiger partial charge in [0, 0.05) is 18.3 Å². The molecule has 112 valence electrons. The first kappa shape index (κ1) is 15.4. The Kier molecular flexibility index (Phi) is 4.74. The van der Waals surface area contributed by atoms with Gasteiger partial charge in [0.05, 0.1) is 0 Å².